The molecule has 1 amide bonds. The largest absolute Gasteiger partial charge is 0.490 e. The van der Waals surface area contributed by atoms with Crippen LogP contribution < -0.4 is 19.5 Å². The number of amides is 1. The van der Waals surface area contributed by atoms with Crippen molar-refractivity contribution in [3.05, 3.63) is 60.7 Å². The minimum absolute atomic E-state index is 0.000654. The third-order valence-corrected chi connectivity index (χ3v) is 5.01. The number of sulfonamides is 1. The van der Waals surface area contributed by atoms with Crippen LogP contribution >= 0.6 is 0 Å². The molecule has 2 N–H and O–H groups in total. The molecule has 0 aliphatic rings. The lowest BCUT2D eigenvalue weighted by Gasteiger charge is -2.15. The first-order chi connectivity index (χ1) is 13.4. The average Bonchev–Trinajstić information content (AvgIpc) is 2.68. The van der Waals surface area contributed by atoms with Crippen molar-refractivity contribution in [2.24, 2.45) is 0 Å². The van der Waals surface area contributed by atoms with Crippen LogP contribution in [-0.4, -0.2) is 34.1 Å². The predicted molar refractivity (Wildman–Crippen MR) is 109 cm³/mol. The van der Waals surface area contributed by atoms with Gasteiger partial charge in [-0.3, -0.25) is 9.52 Å². The van der Waals surface area contributed by atoms with Gasteiger partial charge in [-0.25, -0.2) is 8.42 Å². The van der Waals surface area contributed by atoms with Crippen LogP contribution in [0.4, 0.5) is 5.69 Å². The lowest BCUT2D eigenvalue weighted by Crippen LogP contribution is -2.25. The maximum atomic E-state index is 12.9. The summed E-state index contributed by atoms with van der Waals surface area (Å²) < 4.78 is 39.1. The van der Waals surface area contributed by atoms with Crippen LogP contribution in [0.1, 0.15) is 24.2 Å². The van der Waals surface area contributed by atoms with Crippen LogP contribution in [0.3, 0.4) is 0 Å². The molecule has 2 aromatic rings. The smallest absolute Gasteiger partial charge is 0.262 e. The Kier molecular flexibility index (Phi) is 7.45. The highest BCUT2D eigenvalue weighted by atomic mass is 32.2. The third kappa shape index (κ3) is 5.26. The second-order valence-corrected chi connectivity index (χ2v) is 7.31. The predicted octanol–water partition coefficient (Wildman–Crippen LogP) is 3.20. The summed E-state index contributed by atoms with van der Waals surface area (Å²) >= 11 is 0. The number of carbonyl (C=O) groups is 1. The molecule has 2 rings (SSSR count). The quantitative estimate of drug-likeness (QED) is 0.593. The Balaban J connectivity index is 2.35. The normalized spacial score (nSPS) is 10.8. The molecule has 2 aromatic carbocycles. The van der Waals surface area contributed by atoms with Crippen LogP contribution in [0.2, 0.25) is 0 Å². The fraction of sp³-hybridized carbons (Fsp3) is 0.250. The summed E-state index contributed by atoms with van der Waals surface area (Å²) in [5, 5.41) is 2.63. The van der Waals surface area contributed by atoms with Gasteiger partial charge in [-0.15, -0.1) is 6.58 Å². The molecular formula is C20H24N2O5S. The summed E-state index contributed by atoms with van der Waals surface area (Å²) in [6, 6.07) is 10.7. The molecule has 0 radical (unpaired) electrons. The van der Waals surface area contributed by atoms with E-state index in [0.717, 1.165) is 0 Å². The van der Waals surface area contributed by atoms with Gasteiger partial charge < -0.3 is 14.8 Å². The SMILES string of the molecule is C=CCNC(=O)c1ccccc1NS(=O)(=O)c1ccc(OCC)c(OCC)c1. The number of benzene rings is 2. The van der Waals surface area contributed by atoms with Gasteiger partial charge in [0, 0.05) is 12.6 Å². The van der Waals surface area contributed by atoms with Gasteiger partial charge in [-0.05, 0) is 38.1 Å². The van der Waals surface area contributed by atoms with Gasteiger partial charge >= 0.3 is 0 Å². The standard InChI is InChI=1S/C20H24N2O5S/c1-4-13-21-20(23)16-9-7-8-10-17(16)22-28(24,25)15-11-12-18(26-5-2)19(14-15)27-6-3/h4,7-12,14,22H,1,5-6,13H2,2-3H3,(H,21,23). The molecule has 7 nitrogen and oxygen atoms in total. The van der Waals surface area contributed by atoms with E-state index in [4.69, 9.17) is 9.47 Å². The Labute approximate surface area is 165 Å². The number of carbonyl (C=O) groups excluding carboxylic acids is 1. The third-order valence-electron chi connectivity index (χ3n) is 3.65. The second kappa shape index (κ2) is 9.80. The molecular weight excluding hydrogens is 380 g/mol. The molecule has 8 heteroatoms. The molecule has 0 unspecified atom stereocenters. The number of nitrogens with one attached hydrogen (secondary N) is 2. The highest BCUT2D eigenvalue weighted by Crippen LogP contribution is 2.31. The first kappa shape index (κ1) is 21.3. The van der Waals surface area contributed by atoms with E-state index in [2.05, 4.69) is 16.6 Å². The van der Waals surface area contributed by atoms with E-state index in [1.165, 1.54) is 18.2 Å². The van der Waals surface area contributed by atoms with Gasteiger partial charge in [0.2, 0.25) is 0 Å². The average molecular weight is 404 g/mol. The molecule has 0 spiro atoms. The zero-order valence-electron chi connectivity index (χ0n) is 15.9. The highest BCUT2D eigenvalue weighted by molar-refractivity contribution is 7.92. The van der Waals surface area contributed by atoms with E-state index in [1.807, 2.05) is 6.92 Å². The van der Waals surface area contributed by atoms with E-state index >= 15 is 0 Å². The Hall–Kier alpha value is -3.00. The van der Waals surface area contributed by atoms with Crippen LogP contribution in [-0.2, 0) is 10.0 Å². The van der Waals surface area contributed by atoms with E-state index in [0.29, 0.717) is 24.7 Å². The number of hydrogen-bond acceptors (Lipinski definition) is 5. The molecule has 28 heavy (non-hydrogen) atoms. The molecule has 0 heterocycles. The first-order valence-electron chi connectivity index (χ1n) is 8.83. The molecule has 0 bridgehead atoms. The Morgan fingerprint density at radius 1 is 1.07 bits per heavy atom. The van der Waals surface area contributed by atoms with Gasteiger partial charge in [0.1, 0.15) is 0 Å². The number of para-hydroxylation sites is 1. The van der Waals surface area contributed by atoms with Crippen molar-refractivity contribution in [2.75, 3.05) is 24.5 Å². The summed E-state index contributed by atoms with van der Waals surface area (Å²) in [7, 11) is -3.95. The van der Waals surface area contributed by atoms with E-state index < -0.39 is 15.9 Å². The van der Waals surface area contributed by atoms with Gasteiger partial charge in [-0.1, -0.05) is 18.2 Å². The molecule has 0 saturated carbocycles. The fourth-order valence-electron chi connectivity index (χ4n) is 2.43. The molecule has 0 fully saturated rings. The van der Waals surface area contributed by atoms with Crippen LogP contribution in [0.25, 0.3) is 0 Å². The maximum Gasteiger partial charge on any atom is 0.262 e. The summed E-state index contributed by atoms with van der Waals surface area (Å²) in [6.07, 6.45) is 1.54. The van der Waals surface area contributed by atoms with Crippen molar-refractivity contribution in [2.45, 2.75) is 18.7 Å². The van der Waals surface area contributed by atoms with Crippen molar-refractivity contribution < 1.29 is 22.7 Å². The first-order valence-corrected chi connectivity index (χ1v) is 10.3. The topological polar surface area (TPSA) is 93.7 Å². The molecule has 0 aliphatic heterocycles. The van der Waals surface area contributed by atoms with Crippen LogP contribution in [0.15, 0.2) is 60.0 Å². The Morgan fingerprint density at radius 2 is 1.75 bits per heavy atom. The zero-order valence-corrected chi connectivity index (χ0v) is 16.7. The van der Waals surface area contributed by atoms with Gasteiger partial charge in [-0.2, -0.15) is 0 Å². The van der Waals surface area contributed by atoms with Gasteiger partial charge in [0.15, 0.2) is 11.5 Å². The number of hydrogen-bond donors (Lipinski definition) is 2. The van der Waals surface area contributed by atoms with Crippen molar-refractivity contribution >= 4 is 21.6 Å². The summed E-state index contributed by atoms with van der Waals surface area (Å²) in [5.41, 5.74) is 0.389. The highest BCUT2D eigenvalue weighted by Gasteiger charge is 2.20. The molecule has 0 aromatic heterocycles. The maximum absolute atomic E-state index is 12.9. The summed E-state index contributed by atoms with van der Waals surface area (Å²) in [6.45, 7) is 8.24. The molecule has 0 atom stereocenters. The monoisotopic (exact) mass is 404 g/mol. The van der Waals surface area contributed by atoms with Crippen molar-refractivity contribution in [3.63, 3.8) is 0 Å². The molecule has 0 saturated heterocycles. The van der Waals surface area contributed by atoms with Gasteiger partial charge in [0.05, 0.1) is 29.4 Å². The van der Waals surface area contributed by atoms with E-state index in [9.17, 15) is 13.2 Å². The summed E-state index contributed by atoms with van der Waals surface area (Å²) in [5.74, 6) is 0.400. The number of anilines is 1. The zero-order chi connectivity index (χ0) is 20.6. The molecule has 150 valence electrons. The van der Waals surface area contributed by atoms with Crippen molar-refractivity contribution in [1.29, 1.82) is 0 Å². The number of rotatable bonds is 10. The van der Waals surface area contributed by atoms with Crippen molar-refractivity contribution in [1.82, 2.24) is 5.32 Å². The minimum Gasteiger partial charge on any atom is -0.490 e. The van der Waals surface area contributed by atoms with Crippen LogP contribution in [0, 0.1) is 0 Å². The second-order valence-electron chi connectivity index (χ2n) is 5.62. The Morgan fingerprint density at radius 3 is 2.43 bits per heavy atom. The summed E-state index contributed by atoms with van der Waals surface area (Å²) in [4.78, 5) is 12.3. The van der Waals surface area contributed by atoms with Gasteiger partial charge in [0.25, 0.3) is 15.9 Å². The molecule has 0 aliphatic carbocycles. The van der Waals surface area contributed by atoms with Crippen molar-refractivity contribution in [3.8, 4) is 11.5 Å². The number of ether oxygens (including phenoxy) is 2. The fourth-order valence-corrected chi connectivity index (χ4v) is 3.53. The lowest BCUT2D eigenvalue weighted by molar-refractivity contribution is 0.0959. The van der Waals surface area contributed by atoms with Crippen LogP contribution in [0.5, 0.6) is 11.5 Å². The Bertz CT molecular complexity index is 941. The minimum atomic E-state index is -3.95. The lowest BCUT2D eigenvalue weighted by atomic mass is 10.1. The van der Waals surface area contributed by atoms with E-state index in [1.54, 1.807) is 37.3 Å². The van der Waals surface area contributed by atoms with E-state index in [-0.39, 0.29) is 22.7 Å².